The zero-order valence-corrected chi connectivity index (χ0v) is 22.7. The van der Waals surface area contributed by atoms with Gasteiger partial charge in [-0.25, -0.2) is 23.5 Å². The van der Waals surface area contributed by atoms with Gasteiger partial charge in [-0.3, -0.25) is 4.79 Å². The number of carboxylic acid groups (broad SMARTS) is 1. The number of benzene rings is 1. The van der Waals surface area contributed by atoms with Crippen LogP contribution in [-0.2, 0) is 26.8 Å². The van der Waals surface area contributed by atoms with Crippen LogP contribution in [0, 0.1) is 13.8 Å². The molecule has 0 spiro atoms. The van der Waals surface area contributed by atoms with Gasteiger partial charge in [0, 0.05) is 21.4 Å². The van der Waals surface area contributed by atoms with E-state index in [1.807, 2.05) is 19.1 Å². The van der Waals surface area contributed by atoms with Crippen molar-refractivity contribution < 1.29 is 18.3 Å². The van der Waals surface area contributed by atoms with E-state index < -0.39 is 21.4 Å². The van der Waals surface area contributed by atoms with Crippen LogP contribution >= 0.6 is 11.3 Å². The number of aliphatic carboxylic acids is 1. The Morgan fingerprint density at radius 2 is 1.92 bits per heavy atom. The Labute approximate surface area is 225 Å². The zero-order valence-electron chi connectivity index (χ0n) is 21.1. The summed E-state index contributed by atoms with van der Waals surface area (Å²) < 4.78 is 23.5. The molecule has 1 aromatic carbocycles. The Balaban J connectivity index is 0.000000249. The summed E-state index contributed by atoms with van der Waals surface area (Å²) in [5, 5.41) is 14.6. The second-order valence-corrected chi connectivity index (χ2v) is 12.4. The largest absolute Gasteiger partial charge is 0.480 e. The van der Waals surface area contributed by atoms with Crippen LogP contribution in [0.25, 0.3) is 11.2 Å². The van der Waals surface area contributed by atoms with Crippen molar-refractivity contribution in [2.45, 2.75) is 55.9 Å². The van der Waals surface area contributed by atoms with E-state index in [9.17, 15) is 18.3 Å². The summed E-state index contributed by atoms with van der Waals surface area (Å²) >= 11 is 1.56. The van der Waals surface area contributed by atoms with Gasteiger partial charge in [-0.05, 0) is 81.2 Å². The highest BCUT2D eigenvalue weighted by atomic mass is 32.2. The van der Waals surface area contributed by atoms with Gasteiger partial charge in [0.25, 0.3) is 0 Å². The third-order valence-electron chi connectivity index (χ3n) is 6.73. The number of aromatic nitrogens is 3. The van der Waals surface area contributed by atoms with Crippen molar-refractivity contribution in [1.29, 1.82) is 0 Å². The molecule has 0 amide bonds. The predicted octanol–water partition coefficient (Wildman–Crippen LogP) is 4.81. The van der Waals surface area contributed by atoms with Crippen molar-refractivity contribution in [2.75, 3.05) is 0 Å². The molecule has 10 heteroatoms. The van der Waals surface area contributed by atoms with Gasteiger partial charge in [0.2, 0.25) is 10.0 Å². The van der Waals surface area contributed by atoms with Crippen molar-refractivity contribution in [3.8, 4) is 0 Å². The molecule has 1 unspecified atom stereocenters. The lowest BCUT2D eigenvalue weighted by Gasteiger charge is -2.19. The summed E-state index contributed by atoms with van der Waals surface area (Å²) in [4.78, 5) is 23.8. The van der Waals surface area contributed by atoms with E-state index in [1.54, 1.807) is 41.7 Å². The number of carbonyl (C=O) groups is 1. The number of nitrogens with zero attached hydrogens (tertiary/aromatic N) is 3. The van der Waals surface area contributed by atoms with Gasteiger partial charge in [0.15, 0.2) is 5.65 Å². The molecule has 1 atom stereocenters. The average molecular weight is 549 g/mol. The Bertz CT molecular complexity index is 1690. The number of pyridine rings is 1. The molecule has 0 bridgehead atoms. The highest BCUT2D eigenvalue weighted by Crippen LogP contribution is 2.42. The van der Waals surface area contributed by atoms with Crippen LogP contribution < -0.4 is 5.14 Å². The quantitative estimate of drug-likeness (QED) is 0.333. The number of aryl methyl sites for hydroxylation is 2. The molecule has 8 nitrogen and oxygen atoms in total. The highest BCUT2D eigenvalue weighted by molar-refractivity contribution is 7.89. The molecule has 3 heterocycles. The van der Waals surface area contributed by atoms with Crippen LogP contribution in [0.5, 0.6) is 0 Å². The van der Waals surface area contributed by atoms with Crippen LogP contribution in [0.3, 0.4) is 0 Å². The number of nitrogens with two attached hydrogens (primary N) is 1. The second kappa shape index (κ2) is 9.96. The lowest BCUT2D eigenvalue weighted by atomic mass is 9.86. The van der Waals surface area contributed by atoms with Gasteiger partial charge >= 0.3 is 5.97 Å². The van der Waals surface area contributed by atoms with Crippen molar-refractivity contribution in [3.63, 3.8) is 0 Å². The van der Waals surface area contributed by atoms with Gasteiger partial charge in [-0.1, -0.05) is 18.2 Å². The van der Waals surface area contributed by atoms with Crippen molar-refractivity contribution in [2.24, 2.45) is 5.14 Å². The normalized spacial score (nSPS) is 18.5. The van der Waals surface area contributed by atoms with Gasteiger partial charge in [-0.15, -0.1) is 17.1 Å². The summed E-state index contributed by atoms with van der Waals surface area (Å²) in [6, 6.07) is 14.0. The molecule has 38 heavy (non-hydrogen) atoms. The molecule has 2 aliphatic carbocycles. The minimum atomic E-state index is -3.50. The highest BCUT2D eigenvalue weighted by Gasteiger charge is 2.40. The SMILES string of the molecule is Cc1cc(C)c2nc(C3CC3)n(Cc3ccc(C4(C(=O)O)C=C=CC4)s3)c2n1.NS(=O)(=O)c1ccccc1. The van der Waals surface area contributed by atoms with Crippen molar-refractivity contribution in [3.05, 3.63) is 93.3 Å². The minimum absolute atomic E-state index is 0.148. The van der Waals surface area contributed by atoms with Crippen LogP contribution in [0.15, 0.2) is 71.3 Å². The standard InChI is InChI=1S/C22H21N3O2S.C6H7NO2S/c1-13-11-14(2)23-20-18(13)24-19(15-5-6-15)25(20)12-16-7-8-17(28-16)22(21(26)27)9-3-4-10-22;7-10(8,9)6-4-2-1-3-5-6/h3,7-8,10-11,15H,5-6,9,12H2,1-2H3,(H,26,27);1-5H,(H2,7,8,9). The van der Waals surface area contributed by atoms with E-state index in [0.29, 0.717) is 18.9 Å². The molecule has 6 rings (SSSR count). The Kier molecular flexibility index (Phi) is 6.83. The first kappa shape index (κ1) is 26.1. The van der Waals surface area contributed by atoms with E-state index in [2.05, 4.69) is 23.3 Å². The Morgan fingerprint density at radius 3 is 2.50 bits per heavy atom. The van der Waals surface area contributed by atoms with Crippen LogP contribution in [0.2, 0.25) is 0 Å². The number of hydrogen-bond donors (Lipinski definition) is 2. The lowest BCUT2D eigenvalue weighted by Crippen LogP contribution is -2.30. The van der Waals surface area contributed by atoms with Crippen molar-refractivity contribution >= 4 is 38.5 Å². The number of primary sulfonamides is 1. The topological polar surface area (TPSA) is 128 Å². The molecule has 3 aromatic heterocycles. The summed E-state index contributed by atoms with van der Waals surface area (Å²) in [5.74, 6) is 0.809. The van der Waals surface area contributed by atoms with E-state index in [1.165, 1.54) is 25.0 Å². The molecule has 3 N–H and O–H groups in total. The Morgan fingerprint density at radius 1 is 1.18 bits per heavy atom. The fourth-order valence-electron chi connectivity index (χ4n) is 4.60. The number of thiophene rings is 1. The molecule has 1 saturated carbocycles. The van der Waals surface area contributed by atoms with Crippen molar-refractivity contribution in [1.82, 2.24) is 14.5 Å². The molecule has 0 saturated heterocycles. The molecule has 2 aliphatic rings. The third kappa shape index (κ3) is 5.08. The van der Waals surface area contributed by atoms with Gasteiger partial charge in [0.05, 0.1) is 11.4 Å². The first-order chi connectivity index (χ1) is 18.1. The molecule has 0 radical (unpaired) electrons. The number of rotatable bonds is 6. The second-order valence-electron chi connectivity index (χ2n) is 9.70. The molecular weight excluding hydrogens is 520 g/mol. The van der Waals surface area contributed by atoms with Crippen LogP contribution in [0.1, 0.15) is 52.0 Å². The fourth-order valence-corrected chi connectivity index (χ4v) is 6.30. The molecule has 4 aromatic rings. The summed E-state index contributed by atoms with van der Waals surface area (Å²) in [6.07, 6.45) is 6.30. The summed E-state index contributed by atoms with van der Waals surface area (Å²) in [6.45, 7) is 4.78. The van der Waals surface area contributed by atoms with E-state index in [4.69, 9.17) is 15.1 Å². The number of sulfonamides is 1. The van der Waals surface area contributed by atoms with E-state index >= 15 is 0 Å². The number of fused-ring (bicyclic) bond motifs is 1. The summed E-state index contributed by atoms with van der Waals surface area (Å²) in [7, 11) is -3.50. The van der Waals surface area contributed by atoms with Gasteiger partial charge < -0.3 is 9.67 Å². The summed E-state index contributed by atoms with van der Waals surface area (Å²) in [5.41, 5.74) is 6.06. The Hall–Kier alpha value is -3.56. The molecule has 0 aliphatic heterocycles. The fraction of sp³-hybridized carbons (Fsp3) is 0.286. The monoisotopic (exact) mass is 548 g/mol. The third-order valence-corrected chi connectivity index (χ3v) is 8.91. The average Bonchev–Trinajstić information content (AvgIpc) is 3.25. The maximum Gasteiger partial charge on any atom is 0.319 e. The van der Waals surface area contributed by atoms with Gasteiger partial charge in [-0.2, -0.15) is 0 Å². The molecular formula is C28H28N4O4S2. The zero-order chi connectivity index (χ0) is 27.1. The molecule has 196 valence electrons. The van der Waals surface area contributed by atoms with E-state index in [0.717, 1.165) is 38.0 Å². The van der Waals surface area contributed by atoms with Crippen LogP contribution in [0.4, 0.5) is 0 Å². The number of hydrogen-bond acceptors (Lipinski definition) is 6. The van der Waals surface area contributed by atoms with Crippen LogP contribution in [-0.4, -0.2) is 34.0 Å². The van der Waals surface area contributed by atoms with E-state index in [-0.39, 0.29) is 4.90 Å². The number of carboxylic acids is 1. The maximum atomic E-state index is 11.9. The lowest BCUT2D eigenvalue weighted by molar-refractivity contribution is -0.141. The minimum Gasteiger partial charge on any atom is -0.480 e. The smallest absolute Gasteiger partial charge is 0.319 e. The predicted molar refractivity (Wildman–Crippen MR) is 147 cm³/mol. The maximum absolute atomic E-state index is 11.9. The number of imidazole rings is 1. The first-order valence-electron chi connectivity index (χ1n) is 12.3. The molecule has 1 fully saturated rings. The first-order valence-corrected chi connectivity index (χ1v) is 14.6. The van der Waals surface area contributed by atoms with Gasteiger partial charge in [0.1, 0.15) is 16.8 Å².